The Morgan fingerprint density at radius 2 is 1.70 bits per heavy atom. The molecule has 7 nitrogen and oxygen atoms in total. The Morgan fingerprint density at radius 1 is 0.957 bits per heavy atom. The number of nitrogen functional groups attached to an aromatic ring is 2. The number of benzene rings is 1. The van der Waals surface area contributed by atoms with E-state index in [0.717, 1.165) is 5.56 Å². The first-order valence-electron chi connectivity index (χ1n) is 6.80. The predicted molar refractivity (Wildman–Crippen MR) is 88.0 cm³/mol. The summed E-state index contributed by atoms with van der Waals surface area (Å²) < 4.78 is 0. The van der Waals surface area contributed by atoms with E-state index in [-0.39, 0.29) is 5.95 Å². The SMILES string of the molecule is NC(=O)c1ccccc1-c1cc(-c2ccc(N)nc2)nc(N)n1. The number of hydrogen-bond acceptors (Lipinski definition) is 6. The van der Waals surface area contributed by atoms with Crippen LogP contribution in [0.5, 0.6) is 0 Å². The molecule has 0 aliphatic carbocycles. The molecule has 1 amide bonds. The molecule has 0 radical (unpaired) electrons. The minimum Gasteiger partial charge on any atom is -0.384 e. The summed E-state index contributed by atoms with van der Waals surface area (Å²) in [7, 11) is 0. The van der Waals surface area contributed by atoms with Gasteiger partial charge in [0.1, 0.15) is 5.82 Å². The molecule has 2 aromatic heterocycles. The fourth-order valence-electron chi connectivity index (χ4n) is 2.23. The van der Waals surface area contributed by atoms with Crippen LogP contribution in [0.2, 0.25) is 0 Å². The second kappa shape index (κ2) is 5.72. The zero-order chi connectivity index (χ0) is 16.4. The number of aromatic nitrogens is 3. The number of rotatable bonds is 3. The molecule has 0 spiro atoms. The van der Waals surface area contributed by atoms with E-state index in [2.05, 4.69) is 15.0 Å². The normalized spacial score (nSPS) is 10.4. The maximum Gasteiger partial charge on any atom is 0.249 e. The van der Waals surface area contributed by atoms with E-state index in [0.29, 0.717) is 28.3 Å². The highest BCUT2D eigenvalue weighted by atomic mass is 16.1. The van der Waals surface area contributed by atoms with Crippen LogP contribution in [0, 0.1) is 0 Å². The summed E-state index contributed by atoms with van der Waals surface area (Å²) in [5.74, 6) is -0.0304. The molecule has 0 fully saturated rings. The Hall–Kier alpha value is -3.48. The van der Waals surface area contributed by atoms with Gasteiger partial charge in [0, 0.05) is 22.9 Å². The van der Waals surface area contributed by atoms with E-state index in [1.165, 1.54) is 0 Å². The lowest BCUT2D eigenvalue weighted by Gasteiger charge is -2.09. The number of nitrogens with zero attached hydrogens (tertiary/aromatic N) is 3. The molecule has 7 heteroatoms. The summed E-state index contributed by atoms with van der Waals surface area (Å²) >= 11 is 0. The number of amides is 1. The third-order valence-electron chi connectivity index (χ3n) is 3.29. The highest BCUT2D eigenvalue weighted by molar-refractivity contribution is 5.99. The van der Waals surface area contributed by atoms with Crippen molar-refractivity contribution in [3.8, 4) is 22.5 Å². The second-order valence-corrected chi connectivity index (χ2v) is 4.88. The predicted octanol–water partition coefficient (Wildman–Crippen LogP) is 1.47. The van der Waals surface area contributed by atoms with Gasteiger partial charge in [0.05, 0.1) is 11.4 Å². The Balaban J connectivity index is 2.15. The molecule has 0 aliphatic rings. The fourth-order valence-corrected chi connectivity index (χ4v) is 2.23. The summed E-state index contributed by atoms with van der Waals surface area (Å²) in [6, 6.07) is 12.1. The number of anilines is 2. The van der Waals surface area contributed by atoms with E-state index < -0.39 is 5.91 Å². The zero-order valence-corrected chi connectivity index (χ0v) is 12.1. The van der Waals surface area contributed by atoms with Gasteiger partial charge in [-0.1, -0.05) is 18.2 Å². The molecule has 2 heterocycles. The van der Waals surface area contributed by atoms with Gasteiger partial charge >= 0.3 is 0 Å². The number of nitrogens with two attached hydrogens (primary N) is 3. The molecule has 3 rings (SSSR count). The van der Waals surface area contributed by atoms with E-state index in [1.54, 1.807) is 48.7 Å². The van der Waals surface area contributed by atoms with E-state index >= 15 is 0 Å². The third-order valence-corrected chi connectivity index (χ3v) is 3.29. The number of hydrogen-bond donors (Lipinski definition) is 3. The zero-order valence-electron chi connectivity index (χ0n) is 12.1. The summed E-state index contributed by atoms with van der Waals surface area (Å²) in [5, 5.41) is 0. The number of pyridine rings is 1. The minimum absolute atomic E-state index is 0.0913. The van der Waals surface area contributed by atoms with E-state index in [9.17, 15) is 4.79 Å². The molecule has 1 aromatic carbocycles. The summed E-state index contributed by atoms with van der Waals surface area (Å²) in [6.07, 6.45) is 1.60. The quantitative estimate of drug-likeness (QED) is 0.670. The lowest BCUT2D eigenvalue weighted by atomic mass is 10.0. The van der Waals surface area contributed by atoms with Crippen molar-refractivity contribution < 1.29 is 4.79 Å². The van der Waals surface area contributed by atoms with Crippen molar-refractivity contribution in [1.82, 2.24) is 15.0 Å². The van der Waals surface area contributed by atoms with Gasteiger partial charge in [0.15, 0.2) is 0 Å². The van der Waals surface area contributed by atoms with Crippen molar-refractivity contribution in [1.29, 1.82) is 0 Å². The van der Waals surface area contributed by atoms with Gasteiger partial charge in [0.25, 0.3) is 0 Å². The van der Waals surface area contributed by atoms with Crippen LogP contribution in [0.4, 0.5) is 11.8 Å². The van der Waals surface area contributed by atoms with Crippen LogP contribution in [0.1, 0.15) is 10.4 Å². The van der Waals surface area contributed by atoms with Crippen LogP contribution in [-0.2, 0) is 0 Å². The smallest absolute Gasteiger partial charge is 0.249 e. The Morgan fingerprint density at radius 3 is 2.39 bits per heavy atom. The third kappa shape index (κ3) is 2.93. The fraction of sp³-hybridized carbons (Fsp3) is 0. The molecular formula is C16H14N6O. The minimum atomic E-state index is -0.534. The molecule has 114 valence electrons. The highest BCUT2D eigenvalue weighted by Gasteiger charge is 2.13. The Bertz CT molecular complexity index is 876. The highest BCUT2D eigenvalue weighted by Crippen LogP contribution is 2.26. The van der Waals surface area contributed by atoms with E-state index in [1.807, 2.05) is 0 Å². The topological polar surface area (TPSA) is 134 Å². The maximum absolute atomic E-state index is 11.6. The van der Waals surface area contributed by atoms with Crippen molar-refractivity contribution in [2.24, 2.45) is 5.73 Å². The van der Waals surface area contributed by atoms with Crippen LogP contribution in [0.15, 0.2) is 48.7 Å². The largest absolute Gasteiger partial charge is 0.384 e. The molecule has 0 atom stereocenters. The average Bonchev–Trinajstić information content (AvgIpc) is 2.55. The molecule has 0 aliphatic heterocycles. The number of carbonyl (C=O) groups excluding carboxylic acids is 1. The van der Waals surface area contributed by atoms with Gasteiger partial charge in [-0.2, -0.15) is 0 Å². The van der Waals surface area contributed by atoms with Crippen LogP contribution in [-0.4, -0.2) is 20.9 Å². The van der Waals surface area contributed by atoms with Crippen LogP contribution < -0.4 is 17.2 Å². The van der Waals surface area contributed by atoms with Gasteiger partial charge in [-0.25, -0.2) is 15.0 Å². The van der Waals surface area contributed by atoms with Gasteiger partial charge in [0.2, 0.25) is 11.9 Å². The van der Waals surface area contributed by atoms with Crippen LogP contribution in [0.25, 0.3) is 22.5 Å². The molecule has 23 heavy (non-hydrogen) atoms. The average molecular weight is 306 g/mol. The monoisotopic (exact) mass is 306 g/mol. The second-order valence-electron chi connectivity index (χ2n) is 4.88. The maximum atomic E-state index is 11.6. The lowest BCUT2D eigenvalue weighted by Crippen LogP contribution is -2.12. The number of primary amides is 1. The van der Waals surface area contributed by atoms with Crippen molar-refractivity contribution in [2.75, 3.05) is 11.5 Å². The van der Waals surface area contributed by atoms with Gasteiger partial charge < -0.3 is 17.2 Å². The molecule has 0 unspecified atom stereocenters. The molecule has 3 aromatic rings. The molecule has 0 saturated carbocycles. The van der Waals surface area contributed by atoms with Crippen molar-refractivity contribution in [2.45, 2.75) is 0 Å². The molecule has 6 N–H and O–H groups in total. The van der Waals surface area contributed by atoms with Crippen molar-refractivity contribution in [3.05, 3.63) is 54.2 Å². The molecule has 0 saturated heterocycles. The summed E-state index contributed by atoms with van der Waals surface area (Å²) in [5.41, 5.74) is 19.6. The van der Waals surface area contributed by atoms with Crippen molar-refractivity contribution >= 4 is 17.7 Å². The first kappa shape index (κ1) is 14.5. The van der Waals surface area contributed by atoms with Crippen LogP contribution in [0.3, 0.4) is 0 Å². The first-order chi connectivity index (χ1) is 11.0. The standard InChI is InChI=1S/C16H14N6O/c17-14-6-5-9(8-20-14)12-7-13(22-16(19)21-12)10-3-1-2-4-11(10)15(18)23/h1-8H,(H2,17,20)(H2,18,23)(H2,19,21,22). The van der Waals surface area contributed by atoms with E-state index in [4.69, 9.17) is 17.2 Å². The van der Waals surface area contributed by atoms with Crippen molar-refractivity contribution in [3.63, 3.8) is 0 Å². The Kier molecular flexibility index (Phi) is 3.60. The Labute approximate surface area is 132 Å². The van der Waals surface area contributed by atoms with Crippen LogP contribution >= 0.6 is 0 Å². The summed E-state index contributed by atoms with van der Waals surface area (Å²) in [6.45, 7) is 0. The first-order valence-corrected chi connectivity index (χ1v) is 6.80. The van der Waals surface area contributed by atoms with Gasteiger partial charge in [-0.15, -0.1) is 0 Å². The van der Waals surface area contributed by atoms with Gasteiger partial charge in [-0.05, 0) is 24.3 Å². The summed E-state index contributed by atoms with van der Waals surface area (Å²) in [4.78, 5) is 24.0. The van der Waals surface area contributed by atoms with Gasteiger partial charge in [-0.3, -0.25) is 4.79 Å². The number of carbonyl (C=O) groups is 1. The molecule has 0 bridgehead atoms. The lowest BCUT2D eigenvalue weighted by molar-refractivity contribution is 0.100. The molecular weight excluding hydrogens is 292 g/mol.